The summed E-state index contributed by atoms with van der Waals surface area (Å²) in [7, 11) is 1.50. The monoisotopic (exact) mass is 570 g/mol. The fraction of sp³-hybridized carbons (Fsp3) is 0.0526. The largest absolute Gasteiger partial charge is 0.277 e. The molecule has 0 bridgehead atoms. The number of carbonyl (C=O) groups is 4. The van der Waals surface area contributed by atoms with E-state index in [2.05, 4.69) is 0 Å². The molecule has 2 aliphatic heterocycles. The second kappa shape index (κ2) is 8.58. The minimum Gasteiger partial charge on any atom is -0.277 e. The van der Waals surface area contributed by atoms with Gasteiger partial charge in [0, 0.05) is 40.1 Å². The maximum atomic E-state index is 14.4. The van der Waals surface area contributed by atoms with E-state index in [-0.39, 0.29) is 23.6 Å². The third-order valence-electron chi connectivity index (χ3n) is 9.36. The average Bonchev–Trinajstić information content (AvgIpc) is 3.07. The zero-order chi connectivity index (χ0) is 29.9. The van der Waals surface area contributed by atoms with Crippen LogP contribution in [0.2, 0.25) is 0 Å². The van der Waals surface area contributed by atoms with E-state index in [1.54, 1.807) is 12.1 Å². The predicted octanol–water partition coefficient (Wildman–Crippen LogP) is 7.35. The minimum absolute atomic E-state index is 0.329. The lowest BCUT2D eigenvalue weighted by Crippen LogP contribution is -2.43. The van der Waals surface area contributed by atoms with E-state index >= 15 is 0 Å². The molecule has 7 aromatic rings. The van der Waals surface area contributed by atoms with Gasteiger partial charge in [0.15, 0.2) is 0 Å². The van der Waals surface area contributed by atoms with Crippen molar-refractivity contribution in [1.82, 2.24) is 9.80 Å². The van der Waals surface area contributed by atoms with E-state index in [9.17, 15) is 19.2 Å². The molecule has 6 nitrogen and oxygen atoms in total. The number of benzene rings is 7. The van der Waals surface area contributed by atoms with Gasteiger partial charge < -0.3 is 0 Å². The van der Waals surface area contributed by atoms with Crippen molar-refractivity contribution in [2.45, 2.75) is 6.04 Å². The molecular weight excluding hydrogens is 548 g/mol. The van der Waals surface area contributed by atoms with Crippen LogP contribution in [0, 0.1) is 0 Å². The molecule has 44 heavy (non-hydrogen) atoms. The molecule has 9 rings (SSSR count). The van der Waals surface area contributed by atoms with Gasteiger partial charge in [0.05, 0.1) is 6.04 Å². The number of carbonyl (C=O) groups excluding carboxylic acids is 4. The van der Waals surface area contributed by atoms with Gasteiger partial charge >= 0.3 is 0 Å². The van der Waals surface area contributed by atoms with Crippen LogP contribution >= 0.6 is 0 Å². The standard InChI is InChI=1S/C38H22N2O4/c1-39-35(41)26-16-12-22-24-14-18-28-33-29(19-15-25(31(24)33)23-13-17-27(36(39)42)32(26)30(22)23)38(44)40(37(28)43)34(20-8-4-2-5-9-20)21-10-6-3-7-11-21/h2-19,34H,1H3. The summed E-state index contributed by atoms with van der Waals surface area (Å²) in [6.07, 6.45) is 0. The van der Waals surface area contributed by atoms with Crippen LogP contribution in [0.1, 0.15) is 58.6 Å². The lowest BCUT2D eigenvalue weighted by molar-refractivity contribution is 0.0561. The Balaban J connectivity index is 1.33. The lowest BCUT2D eigenvalue weighted by atomic mass is 9.82. The maximum absolute atomic E-state index is 14.4. The van der Waals surface area contributed by atoms with E-state index in [1.807, 2.05) is 97.1 Å². The van der Waals surface area contributed by atoms with Crippen LogP contribution in [0.25, 0.3) is 43.1 Å². The highest BCUT2D eigenvalue weighted by atomic mass is 16.2. The van der Waals surface area contributed by atoms with E-state index in [4.69, 9.17) is 0 Å². The summed E-state index contributed by atoms with van der Waals surface area (Å²) in [5.41, 5.74) is 3.61. The van der Waals surface area contributed by atoms with Crippen LogP contribution in [-0.2, 0) is 0 Å². The highest BCUT2D eigenvalue weighted by Crippen LogP contribution is 2.47. The van der Waals surface area contributed by atoms with Gasteiger partial charge in [-0.05, 0) is 67.7 Å². The zero-order valence-corrected chi connectivity index (χ0v) is 23.5. The van der Waals surface area contributed by atoms with Crippen LogP contribution in [0.15, 0.2) is 109 Å². The summed E-state index contributed by atoms with van der Waals surface area (Å²) in [4.78, 5) is 57.6. The van der Waals surface area contributed by atoms with Gasteiger partial charge in [-0.1, -0.05) is 84.9 Å². The van der Waals surface area contributed by atoms with Crippen LogP contribution in [-0.4, -0.2) is 40.5 Å². The Bertz CT molecular complexity index is 2270. The summed E-state index contributed by atoms with van der Waals surface area (Å²) in [5, 5.41) is 6.44. The fourth-order valence-electron chi connectivity index (χ4n) is 7.40. The molecule has 0 spiro atoms. The first-order valence-electron chi connectivity index (χ1n) is 14.5. The van der Waals surface area contributed by atoms with Gasteiger partial charge in [0.25, 0.3) is 23.6 Å². The lowest BCUT2D eigenvalue weighted by Gasteiger charge is -2.35. The van der Waals surface area contributed by atoms with Gasteiger partial charge in [-0.2, -0.15) is 0 Å². The Morgan fingerprint density at radius 3 is 1.11 bits per heavy atom. The highest BCUT2D eigenvalue weighted by molar-refractivity contribution is 6.41. The van der Waals surface area contributed by atoms with Crippen molar-refractivity contribution in [2.24, 2.45) is 0 Å². The zero-order valence-electron chi connectivity index (χ0n) is 23.5. The topological polar surface area (TPSA) is 74.8 Å². The fourth-order valence-corrected chi connectivity index (χ4v) is 7.40. The number of amides is 4. The average molecular weight is 571 g/mol. The minimum atomic E-state index is -0.599. The Kier molecular flexibility index (Phi) is 4.82. The molecular formula is C38H22N2O4. The number of hydrogen-bond acceptors (Lipinski definition) is 4. The molecule has 0 fully saturated rings. The van der Waals surface area contributed by atoms with Gasteiger partial charge in [-0.15, -0.1) is 0 Å². The Hall–Kier alpha value is -5.88. The molecule has 0 saturated heterocycles. The molecule has 208 valence electrons. The SMILES string of the molecule is CN1C(=O)c2ccc3c4ccc5c6c(ccc(c7ccc(c2c37)C1=O)c64)C(=O)N(C(c1ccccc1)c1ccccc1)C5=O. The van der Waals surface area contributed by atoms with Crippen molar-refractivity contribution in [1.29, 1.82) is 0 Å². The van der Waals surface area contributed by atoms with Crippen molar-refractivity contribution in [2.75, 3.05) is 7.05 Å². The molecule has 0 unspecified atom stereocenters. The Morgan fingerprint density at radius 1 is 0.409 bits per heavy atom. The summed E-state index contributed by atoms with van der Waals surface area (Å²) in [6, 6.07) is 33.5. The van der Waals surface area contributed by atoms with Gasteiger partial charge in [-0.25, -0.2) is 0 Å². The molecule has 0 atom stereocenters. The first-order valence-corrected chi connectivity index (χ1v) is 14.5. The van der Waals surface area contributed by atoms with Crippen molar-refractivity contribution in [3.63, 3.8) is 0 Å². The summed E-state index contributed by atoms with van der Waals surface area (Å²) in [5.74, 6) is -1.35. The normalized spacial score (nSPS) is 14.8. The van der Waals surface area contributed by atoms with E-state index < -0.39 is 6.04 Å². The van der Waals surface area contributed by atoms with Crippen molar-refractivity contribution in [3.8, 4) is 0 Å². The molecule has 2 heterocycles. The van der Waals surface area contributed by atoms with Crippen LogP contribution < -0.4 is 0 Å². The molecule has 6 heteroatoms. The maximum Gasteiger partial charge on any atom is 0.262 e. The highest BCUT2D eigenvalue weighted by Gasteiger charge is 2.40. The molecule has 0 aromatic heterocycles. The number of imide groups is 2. The third kappa shape index (κ3) is 2.99. The molecule has 0 radical (unpaired) electrons. The van der Waals surface area contributed by atoms with Gasteiger partial charge in [-0.3, -0.25) is 29.0 Å². The molecule has 4 amide bonds. The molecule has 2 aliphatic rings. The summed E-state index contributed by atoms with van der Waals surface area (Å²) >= 11 is 0. The molecule has 0 saturated carbocycles. The molecule has 7 aromatic carbocycles. The van der Waals surface area contributed by atoms with Crippen LogP contribution in [0.4, 0.5) is 0 Å². The number of rotatable bonds is 3. The van der Waals surface area contributed by atoms with E-state index in [0.717, 1.165) is 48.3 Å². The van der Waals surface area contributed by atoms with E-state index in [0.29, 0.717) is 33.0 Å². The Morgan fingerprint density at radius 2 is 0.750 bits per heavy atom. The Labute approximate surface area is 251 Å². The first-order chi connectivity index (χ1) is 21.5. The van der Waals surface area contributed by atoms with Crippen LogP contribution in [0.5, 0.6) is 0 Å². The summed E-state index contributed by atoms with van der Waals surface area (Å²) < 4.78 is 0. The van der Waals surface area contributed by atoms with Crippen LogP contribution in [0.3, 0.4) is 0 Å². The van der Waals surface area contributed by atoms with Gasteiger partial charge in [0.1, 0.15) is 0 Å². The summed E-state index contributed by atoms with van der Waals surface area (Å²) in [6.45, 7) is 0. The number of fused-ring (bicyclic) bond motifs is 2. The van der Waals surface area contributed by atoms with Gasteiger partial charge in [0.2, 0.25) is 0 Å². The number of hydrogen-bond donors (Lipinski definition) is 0. The smallest absolute Gasteiger partial charge is 0.262 e. The second-order valence-corrected chi connectivity index (χ2v) is 11.5. The van der Waals surface area contributed by atoms with E-state index in [1.165, 1.54) is 11.9 Å². The van der Waals surface area contributed by atoms with Crippen molar-refractivity contribution < 1.29 is 19.2 Å². The second-order valence-electron chi connectivity index (χ2n) is 11.5. The molecule has 0 aliphatic carbocycles. The third-order valence-corrected chi connectivity index (χ3v) is 9.36. The quantitative estimate of drug-likeness (QED) is 0.127. The van der Waals surface area contributed by atoms with Crippen molar-refractivity contribution in [3.05, 3.63) is 143 Å². The first kappa shape index (κ1) is 24.7. The van der Waals surface area contributed by atoms with Crippen molar-refractivity contribution >= 4 is 66.7 Å². The molecule has 0 N–H and O–H groups in total. The predicted molar refractivity (Wildman–Crippen MR) is 169 cm³/mol. The number of nitrogens with zero attached hydrogens (tertiary/aromatic N) is 2.